The molecule has 0 unspecified atom stereocenters. The largest absolute Gasteiger partial charge is 0.392 e. The molecule has 0 aliphatic heterocycles. The fourth-order valence-corrected chi connectivity index (χ4v) is 2.07. The summed E-state index contributed by atoms with van der Waals surface area (Å²) in [7, 11) is 0. The third-order valence-electron chi connectivity index (χ3n) is 2.92. The van der Waals surface area contributed by atoms with Crippen LogP contribution in [0.15, 0.2) is 48.8 Å². The highest BCUT2D eigenvalue weighted by Crippen LogP contribution is 2.21. The van der Waals surface area contributed by atoms with Gasteiger partial charge >= 0.3 is 0 Å². The molecular formula is C14H11FN2O. The first-order chi connectivity index (χ1) is 8.79. The summed E-state index contributed by atoms with van der Waals surface area (Å²) >= 11 is 0. The molecule has 0 fully saturated rings. The summed E-state index contributed by atoms with van der Waals surface area (Å²) in [4.78, 5) is 4.28. The van der Waals surface area contributed by atoms with Gasteiger partial charge in [0.2, 0.25) is 0 Å². The van der Waals surface area contributed by atoms with E-state index < -0.39 is 0 Å². The molecule has 0 bridgehead atoms. The molecule has 0 amide bonds. The standard InChI is InChI=1S/C14H11FN2O/c15-11-5-6-13(10(7-11)8-18)17-9-16-12-3-1-2-4-14(12)17/h1-7,9,18H,8H2. The van der Waals surface area contributed by atoms with E-state index in [2.05, 4.69) is 4.98 Å². The second-order valence-electron chi connectivity index (χ2n) is 4.03. The van der Waals surface area contributed by atoms with Crippen molar-refractivity contribution in [1.29, 1.82) is 0 Å². The summed E-state index contributed by atoms with van der Waals surface area (Å²) < 4.78 is 15.0. The summed E-state index contributed by atoms with van der Waals surface area (Å²) in [6.07, 6.45) is 1.68. The summed E-state index contributed by atoms with van der Waals surface area (Å²) in [5.41, 5.74) is 3.08. The number of hydrogen-bond acceptors (Lipinski definition) is 2. The van der Waals surface area contributed by atoms with Crippen LogP contribution in [0.2, 0.25) is 0 Å². The van der Waals surface area contributed by atoms with Crippen molar-refractivity contribution >= 4 is 11.0 Å². The number of aromatic nitrogens is 2. The average Bonchev–Trinajstić information content (AvgIpc) is 2.82. The van der Waals surface area contributed by atoms with Crippen molar-refractivity contribution in [3.63, 3.8) is 0 Å². The first-order valence-electron chi connectivity index (χ1n) is 5.61. The highest BCUT2D eigenvalue weighted by molar-refractivity contribution is 5.77. The van der Waals surface area contributed by atoms with Crippen molar-refractivity contribution in [3.8, 4) is 5.69 Å². The molecule has 3 nitrogen and oxygen atoms in total. The molecule has 0 aliphatic rings. The van der Waals surface area contributed by atoms with E-state index in [4.69, 9.17) is 0 Å². The van der Waals surface area contributed by atoms with Gasteiger partial charge in [-0.1, -0.05) is 12.1 Å². The van der Waals surface area contributed by atoms with E-state index in [9.17, 15) is 9.50 Å². The third-order valence-corrected chi connectivity index (χ3v) is 2.92. The molecule has 0 atom stereocenters. The van der Waals surface area contributed by atoms with Crippen molar-refractivity contribution in [2.75, 3.05) is 0 Å². The minimum absolute atomic E-state index is 0.209. The number of halogens is 1. The van der Waals surface area contributed by atoms with Gasteiger partial charge in [0.05, 0.1) is 23.3 Å². The van der Waals surface area contributed by atoms with Crippen LogP contribution in [0.1, 0.15) is 5.56 Å². The maximum Gasteiger partial charge on any atom is 0.123 e. The zero-order valence-corrected chi connectivity index (χ0v) is 9.55. The molecule has 3 aromatic rings. The van der Waals surface area contributed by atoms with Crippen molar-refractivity contribution in [3.05, 3.63) is 60.2 Å². The predicted octanol–water partition coefficient (Wildman–Crippen LogP) is 2.66. The summed E-state index contributed by atoms with van der Waals surface area (Å²) in [6, 6.07) is 12.0. The average molecular weight is 242 g/mol. The van der Waals surface area contributed by atoms with Gasteiger partial charge in [-0.05, 0) is 30.3 Å². The molecule has 0 saturated carbocycles. The quantitative estimate of drug-likeness (QED) is 0.750. The molecule has 0 radical (unpaired) electrons. The Morgan fingerprint density at radius 3 is 2.83 bits per heavy atom. The zero-order chi connectivity index (χ0) is 12.5. The van der Waals surface area contributed by atoms with Gasteiger partial charge in [-0.2, -0.15) is 0 Å². The lowest BCUT2D eigenvalue weighted by molar-refractivity contribution is 0.281. The van der Waals surface area contributed by atoms with E-state index in [1.807, 2.05) is 28.8 Å². The number of hydrogen-bond donors (Lipinski definition) is 1. The highest BCUT2D eigenvalue weighted by atomic mass is 19.1. The maximum absolute atomic E-state index is 13.2. The highest BCUT2D eigenvalue weighted by Gasteiger charge is 2.08. The molecular weight excluding hydrogens is 231 g/mol. The van der Waals surface area contributed by atoms with Crippen LogP contribution in [-0.2, 0) is 6.61 Å². The number of aliphatic hydroxyl groups is 1. The molecule has 4 heteroatoms. The van der Waals surface area contributed by atoms with E-state index in [-0.39, 0.29) is 12.4 Å². The Hall–Kier alpha value is -2.20. The Labute approximate surface area is 103 Å². The van der Waals surface area contributed by atoms with Crippen LogP contribution in [0.5, 0.6) is 0 Å². The first kappa shape index (κ1) is 10.9. The van der Waals surface area contributed by atoms with Crippen LogP contribution in [0.25, 0.3) is 16.7 Å². The van der Waals surface area contributed by atoms with Gasteiger partial charge in [-0.3, -0.25) is 4.57 Å². The normalized spacial score (nSPS) is 11.0. The number of para-hydroxylation sites is 2. The monoisotopic (exact) mass is 242 g/mol. The van der Waals surface area contributed by atoms with Gasteiger partial charge in [0, 0.05) is 5.56 Å². The number of fused-ring (bicyclic) bond motifs is 1. The number of aliphatic hydroxyl groups excluding tert-OH is 1. The number of rotatable bonds is 2. The second-order valence-corrected chi connectivity index (χ2v) is 4.03. The molecule has 0 saturated heterocycles. The van der Waals surface area contributed by atoms with Gasteiger partial charge in [0.15, 0.2) is 0 Å². The topological polar surface area (TPSA) is 38.0 Å². The lowest BCUT2D eigenvalue weighted by Gasteiger charge is -2.09. The van der Waals surface area contributed by atoms with E-state index >= 15 is 0 Å². The van der Waals surface area contributed by atoms with E-state index in [1.165, 1.54) is 12.1 Å². The Bertz CT molecular complexity index is 706. The van der Waals surface area contributed by atoms with Gasteiger partial charge in [-0.25, -0.2) is 9.37 Å². The molecule has 0 aliphatic carbocycles. The molecule has 90 valence electrons. The van der Waals surface area contributed by atoms with Gasteiger partial charge in [0.1, 0.15) is 12.1 Å². The Balaban J connectivity index is 2.26. The number of nitrogens with zero attached hydrogens (tertiary/aromatic N) is 2. The molecule has 18 heavy (non-hydrogen) atoms. The van der Waals surface area contributed by atoms with Crippen LogP contribution < -0.4 is 0 Å². The van der Waals surface area contributed by atoms with Crippen molar-refractivity contribution in [2.45, 2.75) is 6.61 Å². The SMILES string of the molecule is OCc1cc(F)ccc1-n1cnc2ccccc21. The number of imidazole rings is 1. The van der Waals surface area contributed by atoms with E-state index in [0.29, 0.717) is 5.56 Å². The first-order valence-corrected chi connectivity index (χ1v) is 5.61. The zero-order valence-electron chi connectivity index (χ0n) is 9.55. The van der Waals surface area contributed by atoms with Gasteiger partial charge in [-0.15, -0.1) is 0 Å². The van der Waals surface area contributed by atoms with Gasteiger partial charge in [0.25, 0.3) is 0 Å². The van der Waals surface area contributed by atoms with Crippen molar-refractivity contribution in [1.82, 2.24) is 9.55 Å². The van der Waals surface area contributed by atoms with Crippen molar-refractivity contribution < 1.29 is 9.50 Å². The fourth-order valence-electron chi connectivity index (χ4n) is 2.07. The maximum atomic E-state index is 13.2. The minimum atomic E-state index is -0.354. The molecule has 0 spiro atoms. The lowest BCUT2D eigenvalue weighted by Crippen LogP contribution is -1.99. The van der Waals surface area contributed by atoms with Gasteiger partial charge < -0.3 is 5.11 Å². The van der Waals surface area contributed by atoms with Crippen LogP contribution in [0.3, 0.4) is 0 Å². The van der Waals surface area contributed by atoms with E-state index in [0.717, 1.165) is 16.7 Å². The smallest absolute Gasteiger partial charge is 0.123 e. The molecule has 1 N–H and O–H groups in total. The fraction of sp³-hybridized carbons (Fsp3) is 0.0714. The lowest BCUT2D eigenvalue weighted by atomic mass is 10.1. The second kappa shape index (κ2) is 4.23. The summed E-state index contributed by atoms with van der Waals surface area (Å²) in [6.45, 7) is -0.209. The molecule has 2 aromatic carbocycles. The number of benzene rings is 2. The molecule has 1 heterocycles. The summed E-state index contributed by atoms with van der Waals surface area (Å²) in [5, 5.41) is 9.31. The molecule has 1 aromatic heterocycles. The summed E-state index contributed by atoms with van der Waals surface area (Å²) in [5.74, 6) is -0.354. The Kier molecular flexibility index (Phi) is 2.57. The van der Waals surface area contributed by atoms with Crippen LogP contribution in [0.4, 0.5) is 4.39 Å². The van der Waals surface area contributed by atoms with Crippen LogP contribution in [-0.4, -0.2) is 14.7 Å². The Morgan fingerprint density at radius 2 is 2.00 bits per heavy atom. The third kappa shape index (κ3) is 1.67. The molecule has 3 rings (SSSR count). The predicted molar refractivity (Wildman–Crippen MR) is 67.0 cm³/mol. The van der Waals surface area contributed by atoms with Crippen LogP contribution in [0, 0.1) is 5.82 Å². The van der Waals surface area contributed by atoms with E-state index in [1.54, 1.807) is 12.4 Å². The van der Waals surface area contributed by atoms with Crippen molar-refractivity contribution in [2.24, 2.45) is 0 Å². The van der Waals surface area contributed by atoms with Crippen LogP contribution >= 0.6 is 0 Å². The Morgan fingerprint density at radius 1 is 1.17 bits per heavy atom. The minimum Gasteiger partial charge on any atom is -0.392 e.